The van der Waals surface area contributed by atoms with Crippen LogP contribution >= 0.6 is 0 Å². The molecule has 0 saturated carbocycles. The van der Waals surface area contributed by atoms with Crippen LogP contribution in [0.25, 0.3) is 22.6 Å². The van der Waals surface area contributed by atoms with Crippen molar-refractivity contribution in [3.63, 3.8) is 0 Å². The van der Waals surface area contributed by atoms with Gasteiger partial charge in [0.25, 0.3) is 0 Å². The lowest BCUT2D eigenvalue weighted by atomic mass is 10.1. The standard InChI is InChI=1S/C17H18N2O3/c1-11-3-2-4-12(7-11)17-19-15-6-5-13(8-16(15)22-17)18-9-14(21)10-20/h2-8,14,18,20-21H,9-10H2,1H3. The molecule has 0 aliphatic heterocycles. The summed E-state index contributed by atoms with van der Waals surface area (Å²) in [6.45, 7) is 2.04. The van der Waals surface area contributed by atoms with Gasteiger partial charge >= 0.3 is 0 Å². The molecule has 0 bridgehead atoms. The van der Waals surface area contributed by atoms with Gasteiger partial charge in [-0.15, -0.1) is 0 Å². The Labute approximate surface area is 128 Å². The van der Waals surface area contributed by atoms with Crippen LogP contribution in [0.15, 0.2) is 46.9 Å². The van der Waals surface area contributed by atoms with Gasteiger partial charge in [-0.25, -0.2) is 4.98 Å². The first-order valence-electron chi connectivity index (χ1n) is 7.16. The molecule has 5 heteroatoms. The third-order valence-corrected chi connectivity index (χ3v) is 3.41. The van der Waals surface area contributed by atoms with Crippen LogP contribution in [0.3, 0.4) is 0 Å². The largest absolute Gasteiger partial charge is 0.436 e. The average Bonchev–Trinajstić information content (AvgIpc) is 2.95. The summed E-state index contributed by atoms with van der Waals surface area (Å²) in [5.41, 5.74) is 4.37. The molecule has 3 aromatic rings. The fourth-order valence-corrected chi connectivity index (χ4v) is 2.24. The fraction of sp³-hybridized carbons (Fsp3) is 0.235. The molecule has 2 aromatic carbocycles. The second-order valence-electron chi connectivity index (χ2n) is 5.29. The number of nitrogens with zero attached hydrogens (tertiary/aromatic N) is 1. The van der Waals surface area contributed by atoms with E-state index in [-0.39, 0.29) is 13.2 Å². The monoisotopic (exact) mass is 298 g/mol. The molecule has 0 spiro atoms. The second kappa shape index (κ2) is 6.17. The molecule has 3 N–H and O–H groups in total. The van der Waals surface area contributed by atoms with Gasteiger partial charge in [-0.1, -0.05) is 17.7 Å². The number of nitrogens with one attached hydrogen (secondary N) is 1. The van der Waals surface area contributed by atoms with Crippen LogP contribution in [-0.4, -0.2) is 34.5 Å². The van der Waals surface area contributed by atoms with Crippen molar-refractivity contribution in [1.29, 1.82) is 0 Å². The van der Waals surface area contributed by atoms with Crippen LogP contribution in [0.5, 0.6) is 0 Å². The average molecular weight is 298 g/mol. The van der Waals surface area contributed by atoms with E-state index in [1.54, 1.807) is 0 Å². The molecular weight excluding hydrogens is 280 g/mol. The van der Waals surface area contributed by atoms with E-state index in [9.17, 15) is 5.11 Å². The Morgan fingerprint density at radius 3 is 2.86 bits per heavy atom. The van der Waals surface area contributed by atoms with Crippen molar-refractivity contribution in [2.45, 2.75) is 13.0 Å². The van der Waals surface area contributed by atoms with Crippen LogP contribution in [0.2, 0.25) is 0 Å². The van der Waals surface area contributed by atoms with E-state index in [0.29, 0.717) is 11.5 Å². The zero-order chi connectivity index (χ0) is 15.5. The summed E-state index contributed by atoms with van der Waals surface area (Å²) in [4.78, 5) is 4.49. The van der Waals surface area contributed by atoms with Crippen molar-refractivity contribution in [3.8, 4) is 11.5 Å². The van der Waals surface area contributed by atoms with Crippen molar-refractivity contribution in [2.24, 2.45) is 0 Å². The first kappa shape index (κ1) is 14.6. The summed E-state index contributed by atoms with van der Waals surface area (Å²) in [5.74, 6) is 0.589. The normalized spacial score (nSPS) is 12.5. The Morgan fingerprint density at radius 2 is 2.09 bits per heavy atom. The molecule has 1 unspecified atom stereocenters. The van der Waals surface area contributed by atoms with Crippen molar-refractivity contribution >= 4 is 16.8 Å². The highest BCUT2D eigenvalue weighted by Gasteiger charge is 2.09. The third-order valence-electron chi connectivity index (χ3n) is 3.41. The Hall–Kier alpha value is -2.37. The van der Waals surface area contributed by atoms with Gasteiger partial charge in [-0.05, 0) is 31.2 Å². The van der Waals surface area contributed by atoms with Gasteiger partial charge in [0.05, 0.1) is 12.7 Å². The molecule has 0 aliphatic carbocycles. The Balaban J connectivity index is 1.87. The predicted molar refractivity (Wildman–Crippen MR) is 85.8 cm³/mol. The summed E-state index contributed by atoms with van der Waals surface area (Å²) in [6, 6.07) is 13.6. The molecule has 5 nitrogen and oxygen atoms in total. The van der Waals surface area contributed by atoms with Crippen molar-refractivity contribution < 1.29 is 14.6 Å². The van der Waals surface area contributed by atoms with E-state index >= 15 is 0 Å². The molecule has 0 saturated heterocycles. The van der Waals surface area contributed by atoms with Gasteiger partial charge in [0.2, 0.25) is 5.89 Å². The number of aryl methyl sites for hydroxylation is 1. The first-order chi connectivity index (χ1) is 10.7. The smallest absolute Gasteiger partial charge is 0.227 e. The molecule has 0 radical (unpaired) electrons. The number of oxazole rings is 1. The zero-order valence-corrected chi connectivity index (χ0v) is 12.3. The quantitative estimate of drug-likeness (QED) is 0.674. The minimum atomic E-state index is -0.784. The lowest BCUT2D eigenvalue weighted by Gasteiger charge is -2.09. The minimum absolute atomic E-state index is 0.269. The summed E-state index contributed by atoms with van der Waals surface area (Å²) in [5, 5.41) is 21.2. The number of aromatic nitrogens is 1. The van der Waals surface area contributed by atoms with Crippen molar-refractivity contribution in [2.75, 3.05) is 18.5 Å². The summed E-state index contributed by atoms with van der Waals surface area (Å²) in [6.07, 6.45) is -0.784. The molecule has 0 amide bonds. The van der Waals surface area contributed by atoms with E-state index in [2.05, 4.69) is 10.3 Å². The molecule has 1 aromatic heterocycles. The van der Waals surface area contributed by atoms with E-state index in [4.69, 9.17) is 9.52 Å². The third kappa shape index (κ3) is 3.10. The van der Waals surface area contributed by atoms with Crippen LogP contribution < -0.4 is 5.32 Å². The highest BCUT2D eigenvalue weighted by molar-refractivity contribution is 5.80. The summed E-state index contributed by atoms with van der Waals surface area (Å²) >= 11 is 0. The highest BCUT2D eigenvalue weighted by atomic mass is 16.3. The number of hydrogen-bond donors (Lipinski definition) is 3. The van der Waals surface area contributed by atoms with E-state index in [1.165, 1.54) is 0 Å². The van der Waals surface area contributed by atoms with Gasteiger partial charge in [0.1, 0.15) is 5.52 Å². The summed E-state index contributed by atoms with van der Waals surface area (Å²) < 4.78 is 5.82. The van der Waals surface area contributed by atoms with Crippen molar-refractivity contribution in [3.05, 3.63) is 48.0 Å². The van der Waals surface area contributed by atoms with Gasteiger partial charge in [0, 0.05) is 23.9 Å². The van der Waals surface area contributed by atoms with Gasteiger partial charge in [0.15, 0.2) is 5.58 Å². The van der Waals surface area contributed by atoms with Crippen LogP contribution in [-0.2, 0) is 0 Å². The molecule has 1 heterocycles. The summed E-state index contributed by atoms with van der Waals surface area (Å²) in [7, 11) is 0. The maximum Gasteiger partial charge on any atom is 0.227 e. The Bertz CT molecular complexity index is 782. The van der Waals surface area contributed by atoms with Crippen LogP contribution in [0.4, 0.5) is 5.69 Å². The zero-order valence-electron chi connectivity index (χ0n) is 12.3. The maximum atomic E-state index is 9.36. The van der Waals surface area contributed by atoms with E-state index in [1.807, 2.05) is 49.4 Å². The topological polar surface area (TPSA) is 78.5 Å². The number of aliphatic hydroxyl groups is 2. The number of hydrogen-bond acceptors (Lipinski definition) is 5. The van der Waals surface area contributed by atoms with E-state index in [0.717, 1.165) is 22.3 Å². The molecular formula is C17H18N2O3. The SMILES string of the molecule is Cc1cccc(-c2nc3ccc(NCC(O)CO)cc3o2)c1. The van der Waals surface area contributed by atoms with E-state index < -0.39 is 6.10 Å². The number of fused-ring (bicyclic) bond motifs is 1. The molecule has 114 valence electrons. The van der Waals surface area contributed by atoms with Crippen LogP contribution in [0, 0.1) is 6.92 Å². The fourth-order valence-electron chi connectivity index (χ4n) is 2.24. The Morgan fingerprint density at radius 1 is 1.23 bits per heavy atom. The molecule has 22 heavy (non-hydrogen) atoms. The van der Waals surface area contributed by atoms with Crippen LogP contribution in [0.1, 0.15) is 5.56 Å². The molecule has 1 atom stereocenters. The van der Waals surface area contributed by atoms with Gasteiger partial charge < -0.3 is 19.9 Å². The lowest BCUT2D eigenvalue weighted by Crippen LogP contribution is -2.22. The molecule has 0 aliphatic rings. The first-order valence-corrected chi connectivity index (χ1v) is 7.16. The van der Waals surface area contributed by atoms with Gasteiger partial charge in [-0.2, -0.15) is 0 Å². The number of anilines is 1. The van der Waals surface area contributed by atoms with Crippen molar-refractivity contribution in [1.82, 2.24) is 4.98 Å². The maximum absolute atomic E-state index is 9.36. The molecule has 0 fully saturated rings. The molecule has 3 rings (SSSR count). The number of benzene rings is 2. The lowest BCUT2D eigenvalue weighted by molar-refractivity contribution is 0.105. The van der Waals surface area contributed by atoms with Gasteiger partial charge in [-0.3, -0.25) is 0 Å². The predicted octanol–water partition coefficient (Wildman–Crippen LogP) is 2.57. The number of rotatable bonds is 5. The highest BCUT2D eigenvalue weighted by Crippen LogP contribution is 2.26. The minimum Gasteiger partial charge on any atom is -0.436 e. The second-order valence-corrected chi connectivity index (χ2v) is 5.29. The number of aliphatic hydroxyl groups excluding tert-OH is 2. The Kier molecular flexibility index (Phi) is 4.09.